The molecule has 8 heteroatoms. The van der Waals surface area contributed by atoms with Crippen LogP contribution in [0.4, 0.5) is 8.78 Å². The number of carboxylic acids is 1. The Morgan fingerprint density at radius 1 is 1.27 bits per heavy atom. The molecule has 122 valence electrons. The maximum absolute atomic E-state index is 12.3. The SMILES string of the molecule is CCOc1cc(C(=O)N(C)CC(F)F)ccc1OCC(=O)O. The van der Waals surface area contributed by atoms with Gasteiger partial charge in [0.05, 0.1) is 13.2 Å². The Kier molecular flexibility index (Phi) is 6.55. The van der Waals surface area contributed by atoms with Gasteiger partial charge in [0.2, 0.25) is 0 Å². The van der Waals surface area contributed by atoms with E-state index >= 15 is 0 Å². The van der Waals surface area contributed by atoms with Gasteiger partial charge in [0.25, 0.3) is 12.3 Å². The molecule has 0 aromatic heterocycles. The van der Waals surface area contributed by atoms with Crippen LogP contribution in [0.5, 0.6) is 11.5 Å². The second-order valence-electron chi connectivity index (χ2n) is 4.35. The number of carbonyl (C=O) groups excluding carboxylic acids is 1. The Labute approximate surface area is 126 Å². The maximum Gasteiger partial charge on any atom is 0.341 e. The zero-order valence-electron chi connectivity index (χ0n) is 12.2. The normalized spacial score (nSPS) is 10.4. The van der Waals surface area contributed by atoms with Gasteiger partial charge >= 0.3 is 5.97 Å². The lowest BCUT2D eigenvalue weighted by Gasteiger charge is -2.18. The van der Waals surface area contributed by atoms with Crippen LogP contribution in [-0.4, -0.2) is 55.1 Å². The quantitative estimate of drug-likeness (QED) is 0.792. The van der Waals surface area contributed by atoms with Crippen LogP contribution >= 0.6 is 0 Å². The van der Waals surface area contributed by atoms with Crippen molar-refractivity contribution in [2.45, 2.75) is 13.3 Å². The predicted molar refractivity (Wildman–Crippen MR) is 73.7 cm³/mol. The van der Waals surface area contributed by atoms with Crippen LogP contribution in [0.1, 0.15) is 17.3 Å². The molecule has 22 heavy (non-hydrogen) atoms. The summed E-state index contributed by atoms with van der Waals surface area (Å²) in [5, 5.41) is 8.60. The average Bonchev–Trinajstić information content (AvgIpc) is 2.44. The van der Waals surface area contributed by atoms with Gasteiger partial charge in [-0.1, -0.05) is 0 Å². The largest absolute Gasteiger partial charge is 0.490 e. The van der Waals surface area contributed by atoms with Crippen molar-refractivity contribution in [1.82, 2.24) is 4.90 Å². The highest BCUT2D eigenvalue weighted by molar-refractivity contribution is 5.94. The number of ether oxygens (including phenoxy) is 2. The number of aliphatic carboxylic acids is 1. The van der Waals surface area contributed by atoms with Crippen LogP contribution in [0, 0.1) is 0 Å². The molecule has 0 saturated heterocycles. The van der Waals surface area contributed by atoms with Gasteiger partial charge in [-0.2, -0.15) is 0 Å². The first-order chi connectivity index (χ1) is 10.3. The first kappa shape index (κ1) is 17.7. The zero-order chi connectivity index (χ0) is 16.7. The molecule has 0 spiro atoms. The topological polar surface area (TPSA) is 76.1 Å². The molecule has 1 amide bonds. The molecule has 1 rings (SSSR count). The summed E-state index contributed by atoms with van der Waals surface area (Å²) in [5.74, 6) is -1.40. The van der Waals surface area contributed by atoms with Crippen molar-refractivity contribution >= 4 is 11.9 Å². The predicted octanol–water partition coefficient (Wildman–Crippen LogP) is 1.89. The fraction of sp³-hybridized carbons (Fsp3) is 0.429. The highest BCUT2D eigenvalue weighted by atomic mass is 19.3. The van der Waals surface area contributed by atoms with E-state index in [1.54, 1.807) is 6.92 Å². The molecule has 0 bridgehead atoms. The molecule has 0 atom stereocenters. The number of carbonyl (C=O) groups is 2. The van der Waals surface area contributed by atoms with Gasteiger partial charge in [-0.15, -0.1) is 0 Å². The number of carboxylic acid groups (broad SMARTS) is 1. The fourth-order valence-corrected chi connectivity index (χ4v) is 1.68. The van der Waals surface area contributed by atoms with Crippen LogP contribution in [0.3, 0.4) is 0 Å². The Hall–Kier alpha value is -2.38. The van der Waals surface area contributed by atoms with Crippen LogP contribution in [-0.2, 0) is 4.79 Å². The third kappa shape index (κ3) is 5.19. The van der Waals surface area contributed by atoms with Gasteiger partial charge in [0.15, 0.2) is 18.1 Å². The standard InChI is InChI=1S/C14H17F2NO5/c1-3-21-11-6-9(14(20)17(2)7-12(15)16)4-5-10(11)22-8-13(18)19/h4-6,12H,3,7-8H2,1-2H3,(H,18,19). The number of amides is 1. The maximum atomic E-state index is 12.3. The van der Waals surface area contributed by atoms with E-state index < -0.39 is 31.5 Å². The van der Waals surface area contributed by atoms with Gasteiger partial charge in [0, 0.05) is 12.6 Å². The van der Waals surface area contributed by atoms with Crippen molar-refractivity contribution in [1.29, 1.82) is 0 Å². The summed E-state index contributed by atoms with van der Waals surface area (Å²) < 4.78 is 34.9. The fourth-order valence-electron chi connectivity index (χ4n) is 1.68. The van der Waals surface area contributed by atoms with E-state index in [1.165, 1.54) is 25.2 Å². The van der Waals surface area contributed by atoms with Crippen molar-refractivity contribution in [3.8, 4) is 11.5 Å². The van der Waals surface area contributed by atoms with Crippen molar-refractivity contribution in [3.05, 3.63) is 23.8 Å². The van der Waals surface area contributed by atoms with Gasteiger partial charge < -0.3 is 19.5 Å². The number of hydrogen-bond donors (Lipinski definition) is 1. The van der Waals surface area contributed by atoms with Crippen molar-refractivity contribution in [3.63, 3.8) is 0 Å². The van der Waals surface area contributed by atoms with Gasteiger partial charge in [-0.05, 0) is 25.1 Å². The van der Waals surface area contributed by atoms with Crippen molar-refractivity contribution in [2.24, 2.45) is 0 Å². The van der Waals surface area contributed by atoms with Gasteiger partial charge in [-0.3, -0.25) is 4.79 Å². The number of hydrogen-bond acceptors (Lipinski definition) is 4. The van der Waals surface area contributed by atoms with E-state index in [2.05, 4.69) is 0 Å². The zero-order valence-corrected chi connectivity index (χ0v) is 12.2. The molecular weight excluding hydrogens is 300 g/mol. The van der Waals surface area contributed by atoms with Crippen molar-refractivity contribution < 1.29 is 33.0 Å². The van der Waals surface area contributed by atoms with Crippen LogP contribution in [0.25, 0.3) is 0 Å². The Bertz CT molecular complexity index is 536. The monoisotopic (exact) mass is 317 g/mol. The molecule has 6 nitrogen and oxygen atoms in total. The average molecular weight is 317 g/mol. The lowest BCUT2D eigenvalue weighted by molar-refractivity contribution is -0.139. The second-order valence-corrected chi connectivity index (χ2v) is 4.35. The Morgan fingerprint density at radius 2 is 1.95 bits per heavy atom. The molecule has 0 fully saturated rings. The number of nitrogens with zero attached hydrogens (tertiary/aromatic N) is 1. The second kappa shape index (κ2) is 8.16. The smallest absolute Gasteiger partial charge is 0.341 e. The Balaban J connectivity index is 2.95. The van der Waals surface area contributed by atoms with E-state index in [4.69, 9.17) is 14.6 Å². The van der Waals surface area contributed by atoms with Crippen LogP contribution in [0.2, 0.25) is 0 Å². The van der Waals surface area contributed by atoms with E-state index in [9.17, 15) is 18.4 Å². The van der Waals surface area contributed by atoms with Crippen LogP contribution in [0.15, 0.2) is 18.2 Å². The minimum absolute atomic E-state index is 0.147. The molecule has 0 saturated carbocycles. The summed E-state index contributed by atoms with van der Waals surface area (Å²) in [5.41, 5.74) is 0.147. The van der Waals surface area contributed by atoms with E-state index in [-0.39, 0.29) is 23.7 Å². The summed E-state index contributed by atoms with van der Waals surface area (Å²) in [7, 11) is 1.27. The van der Waals surface area contributed by atoms with E-state index in [0.29, 0.717) is 0 Å². The van der Waals surface area contributed by atoms with Crippen molar-refractivity contribution in [2.75, 3.05) is 26.8 Å². The molecule has 0 aliphatic rings. The molecule has 0 unspecified atom stereocenters. The lowest BCUT2D eigenvalue weighted by atomic mass is 10.1. The molecule has 0 radical (unpaired) electrons. The van der Waals surface area contributed by atoms with Crippen LogP contribution < -0.4 is 9.47 Å². The van der Waals surface area contributed by atoms with Gasteiger partial charge in [0.1, 0.15) is 0 Å². The highest BCUT2D eigenvalue weighted by Crippen LogP contribution is 2.29. The summed E-state index contributed by atoms with van der Waals surface area (Å²) in [6.45, 7) is 0.741. The van der Waals surface area contributed by atoms with Gasteiger partial charge in [-0.25, -0.2) is 13.6 Å². The number of rotatable bonds is 8. The summed E-state index contributed by atoms with van der Waals surface area (Å²) in [6, 6.07) is 4.08. The lowest BCUT2D eigenvalue weighted by Crippen LogP contribution is -2.31. The Morgan fingerprint density at radius 3 is 2.50 bits per heavy atom. The molecule has 0 heterocycles. The first-order valence-electron chi connectivity index (χ1n) is 6.50. The molecule has 0 aliphatic carbocycles. The number of benzene rings is 1. The number of alkyl halides is 2. The molecule has 1 aromatic carbocycles. The summed E-state index contributed by atoms with van der Waals surface area (Å²) in [4.78, 5) is 23.4. The molecule has 1 N–H and O–H groups in total. The minimum Gasteiger partial charge on any atom is -0.490 e. The highest BCUT2D eigenvalue weighted by Gasteiger charge is 2.18. The summed E-state index contributed by atoms with van der Waals surface area (Å²) >= 11 is 0. The third-order valence-corrected chi connectivity index (χ3v) is 2.60. The van der Waals surface area contributed by atoms with E-state index in [0.717, 1.165) is 4.90 Å². The molecule has 1 aromatic rings. The molecule has 0 aliphatic heterocycles. The minimum atomic E-state index is -2.63. The third-order valence-electron chi connectivity index (χ3n) is 2.60. The van der Waals surface area contributed by atoms with E-state index in [1.807, 2.05) is 0 Å². The summed E-state index contributed by atoms with van der Waals surface area (Å²) in [6.07, 6.45) is -2.63. The first-order valence-corrected chi connectivity index (χ1v) is 6.50. The number of halogens is 2. The molecular formula is C14H17F2NO5.